The molecule has 0 aliphatic heterocycles. The number of aryl methyl sites for hydroxylation is 2. The van der Waals surface area contributed by atoms with Gasteiger partial charge >= 0.3 is 0 Å². The van der Waals surface area contributed by atoms with Crippen molar-refractivity contribution in [2.24, 2.45) is 0 Å². The maximum absolute atomic E-state index is 3.64. The van der Waals surface area contributed by atoms with Crippen molar-refractivity contribution < 1.29 is 0 Å². The van der Waals surface area contributed by atoms with Crippen molar-refractivity contribution >= 4 is 5.69 Å². The fourth-order valence-corrected chi connectivity index (χ4v) is 2.64. The third-order valence-electron chi connectivity index (χ3n) is 4.07. The molecule has 0 fully saturated rings. The summed E-state index contributed by atoms with van der Waals surface area (Å²) in [5.41, 5.74) is 5.43. The van der Waals surface area contributed by atoms with Crippen LogP contribution in [-0.2, 0) is 12.8 Å². The summed E-state index contributed by atoms with van der Waals surface area (Å²) in [6, 6.07) is 18.0. The van der Waals surface area contributed by atoms with E-state index in [0.29, 0.717) is 6.04 Å². The topological polar surface area (TPSA) is 12.0 Å². The Labute approximate surface area is 129 Å². The zero-order chi connectivity index (χ0) is 15.1. The molecule has 2 aromatic carbocycles. The van der Waals surface area contributed by atoms with Gasteiger partial charge in [-0.1, -0.05) is 62.7 Å². The first-order valence-electron chi connectivity index (χ1n) is 8.17. The van der Waals surface area contributed by atoms with Crippen LogP contribution in [0.2, 0.25) is 0 Å². The van der Waals surface area contributed by atoms with E-state index in [0.717, 1.165) is 6.42 Å². The Balaban J connectivity index is 2.04. The van der Waals surface area contributed by atoms with Crippen LogP contribution in [0.4, 0.5) is 5.69 Å². The molecule has 0 aromatic heterocycles. The van der Waals surface area contributed by atoms with Crippen LogP contribution in [0.25, 0.3) is 0 Å². The van der Waals surface area contributed by atoms with E-state index in [4.69, 9.17) is 0 Å². The molecule has 0 saturated heterocycles. The third kappa shape index (κ3) is 4.35. The average Bonchev–Trinajstić information content (AvgIpc) is 2.54. The van der Waals surface area contributed by atoms with E-state index in [9.17, 15) is 0 Å². The molecule has 0 saturated carbocycles. The first-order valence-corrected chi connectivity index (χ1v) is 8.17. The molecule has 2 rings (SSSR count). The number of hydrogen-bond acceptors (Lipinski definition) is 1. The van der Waals surface area contributed by atoms with Crippen LogP contribution in [0.3, 0.4) is 0 Å². The van der Waals surface area contributed by atoms with Crippen LogP contribution in [0.5, 0.6) is 0 Å². The molecular weight excluding hydrogens is 254 g/mol. The van der Waals surface area contributed by atoms with Gasteiger partial charge in [-0.05, 0) is 48.9 Å². The second-order valence-corrected chi connectivity index (χ2v) is 5.72. The number of unbranched alkanes of at least 4 members (excludes halogenated alkanes) is 1. The number of rotatable bonds is 7. The van der Waals surface area contributed by atoms with Crippen molar-refractivity contribution in [2.75, 3.05) is 5.32 Å². The van der Waals surface area contributed by atoms with Gasteiger partial charge in [0.15, 0.2) is 0 Å². The van der Waals surface area contributed by atoms with Gasteiger partial charge in [0.05, 0.1) is 0 Å². The van der Waals surface area contributed by atoms with Crippen LogP contribution < -0.4 is 5.32 Å². The molecule has 0 aliphatic rings. The zero-order valence-corrected chi connectivity index (χ0v) is 13.5. The quantitative estimate of drug-likeness (QED) is 0.680. The Morgan fingerprint density at radius 2 is 1.67 bits per heavy atom. The number of para-hydroxylation sites is 1. The summed E-state index contributed by atoms with van der Waals surface area (Å²) in [6.07, 6.45) is 4.79. The van der Waals surface area contributed by atoms with Crippen molar-refractivity contribution in [1.29, 1.82) is 0 Å². The number of benzene rings is 2. The minimum Gasteiger partial charge on any atom is -0.378 e. The summed E-state index contributed by atoms with van der Waals surface area (Å²) in [6.45, 7) is 6.67. The molecule has 1 atom stereocenters. The third-order valence-corrected chi connectivity index (χ3v) is 4.07. The second kappa shape index (κ2) is 7.87. The van der Waals surface area contributed by atoms with Crippen molar-refractivity contribution in [2.45, 2.75) is 52.5 Å². The van der Waals surface area contributed by atoms with E-state index >= 15 is 0 Å². The molecule has 1 nitrogen and oxygen atoms in total. The van der Waals surface area contributed by atoms with E-state index in [1.54, 1.807) is 0 Å². The van der Waals surface area contributed by atoms with Gasteiger partial charge < -0.3 is 5.32 Å². The van der Waals surface area contributed by atoms with Gasteiger partial charge in [0.2, 0.25) is 0 Å². The minimum absolute atomic E-state index is 0.331. The van der Waals surface area contributed by atoms with Gasteiger partial charge in [-0.3, -0.25) is 0 Å². The molecule has 2 aromatic rings. The lowest BCUT2D eigenvalue weighted by Gasteiger charge is -2.18. The maximum atomic E-state index is 3.64. The van der Waals surface area contributed by atoms with E-state index in [1.807, 2.05) is 0 Å². The Morgan fingerprint density at radius 3 is 2.33 bits per heavy atom. The van der Waals surface area contributed by atoms with Gasteiger partial charge in [-0.15, -0.1) is 0 Å². The first-order chi connectivity index (χ1) is 10.2. The standard InChI is InChI=1S/C20H27N/c1-4-6-9-17-12-14-19(15-13-17)16(3)21-20-11-8-7-10-18(20)5-2/h7-8,10-16,21H,4-6,9H2,1-3H3. The molecule has 112 valence electrons. The van der Waals surface area contributed by atoms with Gasteiger partial charge in [-0.2, -0.15) is 0 Å². The molecule has 0 heterocycles. The lowest BCUT2D eigenvalue weighted by Crippen LogP contribution is -2.08. The number of hydrogen-bond donors (Lipinski definition) is 1. The Morgan fingerprint density at radius 1 is 0.952 bits per heavy atom. The van der Waals surface area contributed by atoms with E-state index in [-0.39, 0.29) is 0 Å². The van der Waals surface area contributed by atoms with Gasteiger partial charge in [-0.25, -0.2) is 0 Å². The molecule has 0 amide bonds. The number of nitrogens with one attached hydrogen (secondary N) is 1. The monoisotopic (exact) mass is 281 g/mol. The normalized spacial score (nSPS) is 12.1. The highest BCUT2D eigenvalue weighted by Crippen LogP contribution is 2.23. The van der Waals surface area contributed by atoms with Crippen molar-refractivity contribution in [3.63, 3.8) is 0 Å². The van der Waals surface area contributed by atoms with Gasteiger partial charge in [0, 0.05) is 11.7 Å². The molecule has 0 spiro atoms. The summed E-state index contributed by atoms with van der Waals surface area (Å²) < 4.78 is 0. The average molecular weight is 281 g/mol. The fraction of sp³-hybridized carbons (Fsp3) is 0.400. The van der Waals surface area contributed by atoms with Crippen LogP contribution in [0.15, 0.2) is 48.5 Å². The highest BCUT2D eigenvalue weighted by Gasteiger charge is 2.07. The van der Waals surface area contributed by atoms with Crippen LogP contribution in [-0.4, -0.2) is 0 Å². The fourth-order valence-electron chi connectivity index (χ4n) is 2.64. The smallest absolute Gasteiger partial charge is 0.0485 e. The molecule has 0 aliphatic carbocycles. The van der Waals surface area contributed by atoms with E-state index in [2.05, 4.69) is 74.6 Å². The lowest BCUT2D eigenvalue weighted by molar-refractivity contribution is 0.793. The molecule has 21 heavy (non-hydrogen) atoms. The SMILES string of the molecule is CCCCc1ccc(C(C)Nc2ccccc2CC)cc1. The summed E-state index contributed by atoms with van der Waals surface area (Å²) in [5.74, 6) is 0. The zero-order valence-electron chi connectivity index (χ0n) is 13.5. The Hall–Kier alpha value is -1.76. The van der Waals surface area contributed by atoms with Crippen molar-refractivity contribution in [3.05, 3.63) is 65.2 Å². The van der Waals surface area contributed by atoms with Crippen LogP contribution in [0.1, 0.15) is 56.3 Å². The van der Waals surface area contributed by atoms with Crippen molar-refractivity contribution in [1.82, 2.24) is 0 Å². The highest BCUT2D eigenvalue weighted by atomic mass is 14.9. The predicted molar refractivity (Wildman–Crippen MR) is 92.9 cm³/mol. The summed E-state index contributed by atoms with van der Waals surface area (Å²) >= 11 is 0. The van der Waals surface area contributed by atoms with Crippen molar-refractivity contribution in [3.8, 4) is 0 Å². The summed E-state index contributed by atoms with van der Waals surface area (Å²) in [5, 5.41) is 3.64. The highest BCUT2D eigenvalue weighted by molar-refractivity contribution is 5.52. The van der Waals surface area contributed by atoms with Gasteiger partial charge in [0.1, 0.15) is 0 Å². The summed E-state index contributed by atoms with van der Waals surface area (Å²) in [4.78, 5) is 0. The molecule has 1 unspecified atom stereocenters. The van der Waals surface area contributed by atoms with E-state index in [1.165, 1.54) is 41.6 Å². The summed E-state index contributed by atoms with van der Waals surface area (Å²) in [7, 11) is 0. The first kappa shape index (κ1) is 15.6. The molecule has 0 radical (unpaired) electrons. The Kier molecular flexibility index (Phi) is 5.86. The maximum Gasteiger partial charge on any atom is 0.0485 e. The lowest BCUT2D eigenvalue weighted by atomic mass is 10.0. The van der Waals surface area contributed by atoms with Gasteiger partial charge in [0.25, 0.3) is 0 Å². The molecule has 1 heteroatoms. The second-order valence-electron chi connectivity index (χ2n) is 5.72. The largest absolute Gasteiger partial charge is 0.378 e. The minimum atomic E-state index is 0.331. The van der Waals surface area contributed by atoms with E-state index < -0.39 is 0 Å². The molecular formula is C20H27N. The number of anilines is 1. The van der Waals surface area contributed by atoms with Crippen LogP contribution in [0, 0.1) is 0 Å². The molecule has 0 bridgehead atoms. The molecule has 1 N–H and O–H groups in total. The van der Waals surface area contributed by atoms with Crippen LogP contribution >= 0.6 is 0 Å². The predicted octanol–water partition coefficient (Wildman–Crippen LogP) is 5.76. The Bertz CT molecular complexity index is 542.